The van der Waals surface area contributed by atoms with Crippen molar-refractivity contribution in [2.75, 3.05) is 37.6 Å². The molecule has 0 N–H and O–H groups in total. The molecule has 0 unspecified atom stereocenters. The van der Waals surface area contributed by atoms with Gasteiger partial charge in [0.1, 0.15) is 5.82 Å². The Bertz CT molecular complexity index is 1130. The Kier molecular flexibility index (Phi) is 6.30. The number of benzene rings is 2. The molecule has 9 heteroatoms. The third kappa shape index (κ3) is 4.27. The molecule has 4 rings (SSSR count). The number of halogens is 1. The fraction of sp³-hybridized carbons (Fsp3) is 0.391. The molecule has 1 atom stereocenters. The summed E-state index contributed by atoms with van der Waals surface area (Å²) < 4.78 is 40.3. The van der Waals surface area contributed by atoms with Crippen molar-refractivity contribution in [3.05, 3.63) is 59.9 Å². The van der Waals surface area contributed by atoms with Crippen molar-refractivity contribution in [3.8, 4) is 0 Å². The smallest absolute Gasteiger partial charge is 0.243 e. The number of nitrogens with zero attached hydrogens (tertiary/aromatic N) is 3. The Labute approximate surface area is 187 Å². The summed E-state index contributed by atoms with van der Waals surface area (Å²) in [6.07, 6.45) is 0.943. The fourth-order valence-corrected chi connectivity index (χ4v) is 5.82. The van der Waals surface area contributed by atoms with Gasteiger partial charge in [-0.1, -0.05) is 31.2 Å². The Morgan fingerprint density at radius 3 is 2.47 bits per heavy atom. The van der Waals surface area contributed by atoms with Crippen molar-refractivity contribution in [2.45, 2.75) is 24.7 Å². The van der Waals surface area contributed by atoms with E-state index in [2.05, 4.69) is 0 Å². The lowest BCUT2D eigenvalue weighted by Gasteiger charge is -2.35. The van der Waals surface area contributed by atoms with Gasteiger partial charge in [-0.05, 0) is 36.2 Å². The van der Waals surface area contributed by atoms with Gasteiger partial charge in [-0.2, -0.15) is 4.31 Å². The molecule has 0 aliphatic carbocycles. The fourth-order valence-electron chi connectivity index (χ4n) is 4.36. The van der Waals surface area contributed by atoms with Crippen molar-refractivity contribution in [1.29, 1.82) is 0 Å². The van der Waals surface area contributed by atoms with Gasteiger partial charge in [0.15, 0.2) is 0 Å². The van der Waals surface area contributed by atoms with Crippen LogP contribution in [0.3, 0.4) is 0 Å². The van der Waals surface area contributed by atoms with Gasteiger partial charge >= 0.3 is 0 Å². The zero-order valence-electron chi connectivity index (χ0n) is 17.9. The van der Waals surface area contributed by atoms with Gasteiger partial charge in [0, 0.05) is 44.8 Å². The summed E-state index contributed by atoms with van der Waals surface area (Å²) in [4.78, 5) is 28.9. The molecular weight excluding hydrogens is 433 g/mol. The first-order valence-electron chi connectivity index (χ1n) is 10.7. The summed E-state index contributed by atoms with van der Waals surface area (Å²) in [5.41, 5.74) is 1.91. The van der Waals surface area contributed by atoms with Crippen LogP contribution >= 0.6 is 0 Å². The Hall–Kier alpha value is -2.78. The van der Waals surface area contributed by atoms with Crippen molar-refractivity contribution >= 4 is 27.5 Å². The first-order valence-corrected chi connectivity index (χ1v) is 12.2. The lowest BCUT2D eigenvalue weighted by atomic mass is 10.1. The molecule has 0 spiro atoms. The number of anilines is 1. The molecule has 2 aliphatic heterocycles. The van der Waals surface area contributed by atoms with E-state index in [0.29, 0.717) is 6.54 Å². The Morgan fingerprint density at radius 2 is 1.78 bits per heavy atom. The monoisotopic (exact) mass is 459 g/mol. The minimum absolute atomic E-state index is 0.0726. The first-order chi connectivity index (χ1) is 15.3. The van der Waals surface area contributed by atoms with E-state index in [1.54, 1.807) is 9.80 Å². The third-order valence-corrected chi connectivity index (χ3v) is 8.02. The summed E-state index contributed by atoms with van der Waals surface area (Å²) in [5, 5.41) is 0. The predicted octanol–water partition coefficient (Wildman–Crippen LogP) is 2.27. The largest absolute Gasteiger partial charge is 0.340 e. The number of rotatable bonds is 5. The second-order valence-corrected chi connectivity index (χ2v) is 10.0. The standard InChI is InChI=1S/C23H26FN3O4S/c1-2-17-6-3-4-9-21(17)27-16-18(14-22(27)28)23(29)25-10-12-26(13-11-25)32(30,31)20-8-5-7-19(24)15-20/h3-9,15,18H,2,10-14,16H2,1H3/t18-/m0/s1. The van der Waals surface area contributed by atoms with Gasteiger partial charge in [-0.15, -0.1) is 0 Å². The van der Waals surface area contributed by atoms with Crippen LogP contribution in [0.4, 0.5) is 10.1 Å². The second kappa shape index (κ2) is 8.99. The lowest BCUT2D eigenvalue weighted by molar-refractivity contribution is -0.136. The average molecular weight is 460 g/mol. The van der Waals surface area contributed by atoms with Crippen LogP contribution < -0.4 is 4.90 Å². The number of hydrogen-bond donors (Lipinski definition) is 0. The van der Waals surface area contributed by atoms with Crippen LogP contribution in [0.2, 0.25) is 0 Å². The molecule has 2 heterocycles. The molecule has 0 saturated carbocycles. The van der Waals surface area contributed by atoms with Crippen LogP contribution in [0.25, 0.3) is 0 Å². The van der Waals surface area contributed by atoms with Crippen molar-refractivity contribution in [1.82, 2.24) is 9.21 Å². The molecule has 2 fully saturated rings. The molecule has 170 valence electrons. The number of aryl methyl sites for hydroxylation is 1. The van der Waals surface area contributed by atoms with E-state index in [4.69, 9.17) is 0 Å². The van der Waals surface area contributed by atoms with E-state index in [1.165, 1.54) is 22.5 Å². The van der Waals surface area contributed by atoms with Crippen LogP contribution in [0.5, 0.6) is 0 Å². The number of amides is 2. The SMILES string of the molecule is CCc1ccccc1N1C[C@@H](C(=O)N2CCN(S(=O)(=O)c3cccc(F)c3)CC2)CC1=O. The number of hydrogen-bond acceptors (Lipinski definition) is 4. The zero-order valence-corrected chi connectivity index (χ0v) is 18.7. The van der Waals surface area contributed by atoms with Crippen molar-refractivity contribution < 1.29 is 22.4 Å². The van der Waals surface area contributed by atoms with Crippen LogP contribution in [0.15, 0.2) is 53.4 Å². The van der Waals surface area contributed by atoms with Crippen LogP contribution in [0.1, 0.15) is 18.9 Å². The van der Waals surface area contributed by atoms with E-state index in [0.717, 1.165) is 23.7 Å². The van der Waals surface area contributed by atoms with E-state index in [1.807, 2.05) is 31.2 Å². The third-order valence-electron chi connectivity index (χ3n) is 6.12. The van der Waals surface area contributed by atoms with Crippen molar-refractivity contribution in [2.24, 2.45) is 5.92 Å². The summed E-state index contributed by atoms with van der Waals surface area (Å²) in [6.45, 7) is 3.10. The van der Waals surface area contributed by atoms with E-state index in [-0.39, 0.29) is 49.3 Å². The summed E-state index contributed by atoms with van der Waals surface area (Å²) in [5.74, 6) is -1.26. The highest BCUT2D eigenvalue weighted by Crippen LogP contribution is 2.30. The maximum atomic E-state index is 13.5. The Balaban J connectivity index is 1.40. The Morgan fingerprint density at radius 1 is 1.06 bits per heavy atom. The highest BCUT2D eigenvalue weighted by molar-refractivity contribution is 7.89. The highest BCUT2D eigenvalue weighted by atomic mass is 32.2. The topological polar surface area (TPSA) is 78.0 Å². The maximum Gasteiger partial charge on any atom is 0.243 e. The van der Waals surface area contributed by atoms with Gasteiger partial charge in [0.2, 0.25) is 21.8 Å². The number of carbonyl (C=O) groups is 2. The molecule has 7 nitrogen and oxygen atoms in total. The molecular formula is C23H26FN3O4S. The minimum atomic E-state index is -3.82. The highest BCUT2D eigenvalue weighted by Gasteiger charge is 2.39. The molecule has 2 aromatic carbocycles. The van der Waals surface area contributed by atoms with E-state index in [9.17, 15) is 22.4 Å². The maximum absolute atomic E-state index is 13.5. The van der Waals surface area contributed by atoms with Gasteiger partial charge in [-0.3, -0.25) is 9.59 Å². The van der Waals surface area contributed by atoms with E-state index >= 15 is 0 Å². The van der Waals surface area contributed by atoms with Crippen LogP contribution in [0, 0.1) is 11.7 Å². The van der Waals surface area contributed by atoms with Gasteiger partial charge < -0.3 is 9.80 Å². The normalized spacial score (nSPS) is 20.1. The quantitative estimate of drug-likeness (QED) is 0.687. The number of para-hydroxylation sites is 1. The summed E-state index contributed by atoms with van der Waals surface area (Å²) in [7, 11) is -3.82. The van der Waals surface area contributed by atoms with Gasteiger partial charge in [-0.25, -0.2) is 12.8 Å². The molecule has 2 aliphatic rings. The molecule has 0 aromatic heterocycles. The first kappa shape index (κ1) is 22.4. The molecule has 32 heavy (non-hydrogen) atoms. The molecule has 2 aromatic rings. The predicted molar refractivity (Wildman–Crippen MR) is 118 cm³/mol. The summed E-state index contributed by atoms with van der Waals surface area (Å²) >= 11 is 0. The zero-order chi connectivity index (χ0) is 22.9. The number of sulfonamides is 1. The molecule has 2 saturated heterocycles. The lowest BCUT2D eigenvalue weighted by Crippen LogP contribution is -2.52. The van der Waals surface area contributed by atoms with E-state index < -0.39 is 21.8 Å². The van der Waals surface area contributed by atoms with Crippen LogP contribution in [-0.2, 0) is 26.0 Å². The van der Waals surface area contributed by atoms with Gasteiger partial charge in [0.25, 0.3) is 0 Å². The minimum Gasteiger partial charge on any atom is -0.340 e. The molecule has 0 bridgehead atoms. The van der Waals surface area contributed by atoms with Crippen molar-refractivity contribution in [3.63, 3.8) is 0 Å². The summed E-state index contributed by atoms with van der Waals surface area (Å²) in [6, 6.07) is 12.6. The molecule has 0 radical (unpaired) electrons. The van der Waals surface area contributed by atoms with Crippen LogP contribution in [-0.4, -0.2) is 62.2 Å². The number of carbonyl (C=O) groups excluding carboxylic acids is 2. The number of piperazine rings is 1. The average Bonchev–Trinajstić information content (AvgIpc) is 3.20. The second-order valence-electron chi connectivity index (χ2n) is 8.07. The molecule has 2 amide bonds. The van der Waals surface area contributed by atoms with Gasteiger partial charge in [0.05, 0.1) is 10.8 Å².